The summed E-state index contributed by atoms with van der Waals surface area (Å²) in [5.41, 5.74) is 2.75. The van der Waals surface area contributed by atoms with E-state index in [0.29, 0.717) is 24.1 Å². The maximum Gasteiger partial charge on any atom is 0.259 e. The molecule has 1 rings (SSSR count). The summed E-state index contributed by atoms with van der Waals surface area (Å²) >= 11 is 5.35. The SMILES string of the molecule is CCN(CC)C(=S)OCc1cc(CN(C)C)c(O)c(C(C)(C)C)c1. The van der Waals surface area contributed by atoms with Crippen LogP contribution in [0.2, 0.25) is 0 Å². The van der Waals surface area contributed by atoms with Crippen LogP contribution in [0.3, 0.4) is 0 Å². The minimum Gasteiger partial charge on any atom is -0.507 e. The molecule has 0 heterocycles. The van der Waals surface area contributed by atoms with Crippen LogP contribution in [0.5, 0.6) is 5.75 Å². The molecule has 136 valence electrons. The largest absolute Gasteiger partial charge is 0.507 e. The van der Waals surface area contributed by atoms with Gasteiger partial charge in [-0.15, -0.1) is 0 Å². The number of rotatable bonds is 6. The van der Waals surface area contributed by atoms with Gasteiger partial charge in [0.25, 0.3) is 5.17 Å². The van der Waals surface area contributed by atoms with Gasteiger partial charge in [0.15, 0.2) is 0 Å². The molecule has 1 aromatic rings. The second-order valence-electron chi connectivity index (χ2n) is 7.37. The smallest absolute Gasteiger partial charge is 0.259 e. The number of aromatic hydroxyl groups is 1. The minimum atomic E-state index is -0.138. The number of phenolic OH excluding ortho intramolecular Hbond substituents is 1. The Morgan fingerprint density at radius 2 is 1.75 bits per heavy atom. The maximum atomic E-state index is 10.6. The van der Waals surface area contributed by atoms with Gasteiger partial charge in [0.2, 0.25) is 0 Å². The van der Waals surface area contributed by atoms with Gasteiger partial charge in [-0.1, -0.05) is 20.8 Å². The molecule has 1 N–H and O–H groups in total. The Bertz CT molecular complexity index is 561. The van der Waals surface area contributed by atoms with Crippen molar-refractivity contribution >= 4 is 17.4 Å². The molecule has 0 radical (unpaired) electrons. The molecule has 0 saturated carbocycles. The first-order valence-corrected chi connectivity index (χ1v) is 8.92. The summed E-state index contributed by atoms with van der Waals surface area (Å²) < 4.78 is 5.80. The number of phenols is 1. The molecule has 0 bridgehead atoms. The number of ether oxygens (including phenoxy) is 1. The first-order valence-electron chi connectivity index (χ1n) is 8.51. The van der Waals surface area contributed by atoms with E-state index in [-0.39, 0.29) is 5.41 Å². The molecule has 1 aromatic carbocycles. The van der Waals surface area contributed by atoms with Crippen molar-refractivity contribution in [2.45, 2.75) is 53.2 Å². The molecule has 0 aliphatic heterocycles. The van der Waals surface area contributed by atoms with Crippen molar-refractivity contribution in [3.63, 3.8) is 0 Å². The van der Waals surface area contributed by atoms with Gasteiger partial charge in [-0.25, -0.2) is 0 Å². The average molecular weight is 353 g/mol. The Kier molecular flexibility index (Phi) is 7.49. The number of nitrogens with zero attached hydrogens (tertiary/aromatic N) is 2. The van der Waals surface area contributed by atoms with Crippen LogP contribution in [0.1, 0.15) is 51.3 Å². The second kappa shape index (κ2) is 8.67. The highest BCUT2D eigenvalue weighted by Crippen LogP contribution is 2.35. The molecule has 5 heteroatoms. The van der Waals surface area contributed by atoms with Crippen LogP contribution < -0.4 is 0 Å². The van der Waals surface area contributed by atoms with Crippen molar-refractivity contribution in [2.75, 3.05) is 27.2 Å². The molecule has 0 saturated heterocycles. The monoisotopic (exact) mass is 352 g/mol. The third-order valence-corrected chi connectivity index (χ3v) is 4.30. The van der Waals surface area contributed by atoms with E-state index in [4.69, 9.17) is 17.0 Å². The zero-order chi connectivity index (χ0) is 18.5. The fraction of sp³-hybridized carbons (Fsp3) is 0.632. The fourth-order valence-electron chi connectivity index (χ4n) is 2.59. The van der Waals surface area contributed by atoms with Crippen molar-refractivity contribution in [1.29, 1.82) is 0 Å². The van der Waals surface area contributed by atoms with Crippen LogP contribution in [-0.4, -0.2) is 47.3 Å². The fourth-order valence-corrected chi connectivity index (χ4v) is 2.91. The summed E-state index contributed by atoms with van der Waals surface area (Å²) in [6.45, 7) is 13.2. The van der Waals surface area contributed by atoms with Gasteiger partial charge in [0.1, 0.15) is 12.4 Å². The summed E-state index contributed by atoms with van der Waals surface area (Å²) in [6.07, 6.45) is 0. The van der Waals surface area contributed by atoms with Gasteiger partial charge >= 0.3 is 0 Å². The standard InChI is InChI=1S/C19H32N2O2S/c1-8-21(9-2)18(24)23-13-14-10-15(12-20(6)7)17(22)16(11-14)19(3,4)5/h10-11,22H,8-9,12-13H2,1-7H3. The first kappa shape index (κ1) is 20.7. The first-order chi connectivity index (χ1) is 11.1. The lowest BCUT2D eigenvalue weighted by Crippen LogP contribution is -2.30. The van der Waals surface area contributed by atoms with E-state index in [9.17, 15) is 5.11 Å². The Hall–Kier alpha value is -1.33. The van der Waals surface area contributed by atoms with Crippen LogP contribution in [0.15, 0.2) is 12.1 Å². The van der Waals surface area contributed by atoms with Crippen molar-refractivity contribution in [3.8, 4) is 5.75 Å². The van der Waals surface area contributed by atoms with E-state index >= 15 is 0 Å². The Labute approximate surface area is 152 Å². The molecule has 0 fully saturated rings. The topological polar surface area (TPSA) is 35.9 Å². The molecule has 0 aliphatic rings. The molecule has 0 aromatic heterocycles. The minimum absolute atomic E-state index is 0.138. The van der Waals surface area contributed by atoms with E-state index in [1.54, 1.807) is 0 Å². The summed E-state index contributed by atoms with van der Waals surface area (Å²) in [4.78, 5) is 4.06. The van der Waals surface area contributed by atoms with Gasteiger partial charge in [-0.2, -0.15) is 0 Å². The van der Waals surface area contributed by atoms with Crippen LogP contribution >= 0.6 is 12.2 Å². The predicted molar refractivity (Wildman–Crippen MR) is 105 cm³/mol. The predicted octanol–water partition coefficient (Wildman–Crippen LogP) is 3.89. The van der Waals surface area contributed by atoms with Crippen LogP contribution in [0, 0.1) is 0 Å². The molecule has 4 nitrogen and oxygen atoms in total. The van der Waals surface area contributed by atoms with Gasteiger partial charge in [-0.3, -0.25) is 0 Å². The molecular weight excluding hydrogens is 320 g/mol. The van der Waals surface area contributed by atoms with E-state index in [1.807, 2.05) is 36.0 Å². The molecule has 24 heavy (non-hydrogen) atoms. The molecule has 0 amide bonds. The highest BCUT2D eigenvalue weighted by Gasteiger charge is 2.22. The lowest BCUT2D eigenvalue weighted by atomic mass is 9.84. The van der Waals surface area contributed by atoms with Crippen molar-refractivity contribution in [2.24, 2.45) is 0 Å². The second-order valence-corrected chi connectivity index (χ2v) is 7.72. The lowest BCUT2D eigenvalue weighted by Gasteiger charge is -2.25. The van der Waals surface area contributed by atoms with Gasteiger partial charge in [-0.05, 0) is 68.8 Å². The van der Waals surface area contributed by atoms with Crippen molar-refractivity contribution in [1.82, 2.24) is 9.80 Å². The molecule has 0 spiro atoms. The Morgan fingerprint density at radius 1 is 1.17 bits per heavy atom. The number of hydrogen-bond acceptors (Lipinski definition) is 4. The lowest BCUT2D eigenvalue weighted by molar-refractivity contribution is 0.238. The van der Waals surface area contributed by atoms with E-state index in [0.717, 1.165) is 29.8 Å². The molecule has 0 atom stereocenters. The average Bonchev–Trinajstić information content (AvgIpc) is 2.47. The van der Waals surface area contributed by atoms with E-state index in [1.165, 1.54) is 0 Å². The Morgan fingerprint density at radius 3 is 2.21 bits per heavy atom. The zero-order valence-corrected chi connectivity index (χ0v) is 17.0. The summed E-state index contributed by atoms with van der Waals surface area (Å²) in [7, 11) is 3.99. The molecular formula is C19H32N2O2S. The molecule has 0 unspecified atom stereocenters. The van der Waals surface area contributed by atoms with Crippen LogP contribution in [0.4, 0.5) is 0 Å². The third kappa shape index (κ3) is 5.64. The zero-order valence-electron chi connectivity index (χ0n) is 16.1. The third-order valence-electron chi connectivity index (χ3n) is 3.93. The summed E-state index contributed by atoms with van der Waals surface area (Å²) in [5, 5.41) is 11.2. The van der Waals surface area contributed by atoms with Crippen LogP contribution in [-0.2, 0) is 23.3 Å². The highest BCUT2D eigenvalue weighted by atomic mass is 32.1. The summed E-state index contributed by atoms with van der Waals surface area (Å²) in [5.74, 6) is 0.381. The van der Waals surface area contributed by atoms with Crippen LogP contribution in [0.25, 0.3) is 0 Å². The van der Waals surface area contributed by atoms with Crippen molar-refractivity contribution in [3.05, 3.63) is 28.8 Å². The van der Waals surface area contributed by atoms with Crippen molar-refractivity contribution < 1.29 is 9.84 Å². The van der Waals surface area contributed by atoms with Gasteiger partial charge in [0, 0.05) is 25.2 Å². The normalized spacial score (nSPS) is 11.7. The van der Waals surface area contributed by atoms with Gasteiger partial charge in [0.05, 0.1) is 0 Å². The quantitative estimate of drug-likeness (QED) is 0.786. The summed E-state index contributed by atoms with van der Waals surface area (Å²) in [6, 6.07) is 4.04. The van der Waals surface area contributed by atoms with Gasteiger partial charge < -0.3 is 19.6 Å². The highest BCUT2D eigenvalue weighted by molar-refractivity contribution is 7.80. The number of benzene rings is 1. The number of thiocarbonyl (C=S) groups is 1. The molecule has 0 aliphatic carbocycles. The van der Waals surface area contributed by atoms with E-state index < -0.39 is 0 Å². The van der Waals surface area contributed by atoms with E-state index in [2.05, 4.69) is 34.6 Å². The maximum absolute atomic E-state index is 10.6. The Balaban J connectivity index is 3.08. The number of hydrogen-bond donors (Lipinski definition) is 1.